The molecule has 0 saturated heterocycles. The third-order valence-electron chi connectivity index (χ3n) is 3.77. The monoisotopic (exact) mass is 327 g/mol. The van der Waals surface area contributed by atoms with Gasteiger partial charge in [-0.25, -0.2) is 4.68 Å². The maximum atomic E-state index is 13.1. The molecule has 1 amide bonds. The Morgan fingerprint density at radius 2 is 2.13 bits per heavy atom. The van der Waals surface area contributed by atoms with Crippen molar-refractivity contribution in [1.82, 2.24) is 19.6 Å². The Morgan fingerprint density at radius 1 is 1.39 bits per heavy atom. The van der Waals surface area contributed by atoms with Crippen LogP contribution >= 0.6 is 0 Å². The molecule has 0 aliphatic carbocycles. The zero-order valence-electron chi connectivity index (χ0n) is 12.7. The number of carbonyl (C=O) groups is 1. The van der Waals surface area contributed by atoms with Crippen LogP contribution < -0.4 is 4.90 Å². The average Bonchev–Trinajstić information content (AvgIpc) is 3.01. The number of halogens is 3. The van der Waals surface area contributed by atoms with Gasteiger partial charge in [-0.15, -0.1) is 0 Å². The summed E-state index contributed by atoms with van der Waals surface area (Å²) in [6.07, 6.45) is -1.26. The molecular formula is C14H16F3N5O. The van der Waals surface area contributed by atoms with E-state index >= 15 is 0 Å². The molecule has 0 fully saturated rings. The number of hydrogen-bond donors (Lipinski definition) is 0. The minimum atomic E-state index is -4.39. The van der Waals surface area contributed by atoms with Crippen LogP contribution in [0.15, 0.2) is 18.5 Å². The lowest BCUT2D eigenvalue weighted by Crippen LogP contribution is -2.44. The minimum absolute atomic E-state index is 0.00833. The normalized spacial score (nSPS) is 18.1. The molecule has 2 aromatic heterocycles. The summed E-state index contributed by atoms with van der Waals surface area (Å²) < 4.78 is 41.8. The molecule has 3 heterocycles. The summed E-state index contributed by atoms with van der Waals surface area (Å²) in [6.45, 7) is 3.45. The first-order valence-corrected chi connectivity index (χ1v) is 7.18. The molecule has 0 N–H and O–H groups in total. The van der Waals surface area contributed by atoms with Gasteiger partial charge >= 0.3 is 6.18 Å². The fraction of sp³-hybridized carbons (Fsp3) is 0.500. The Labute approximate surface area is 130 Å². The number of hydrogen-bond acceptors (Lipinski definition) is 3. The molecule has 0 aromatic carbocycles. The van der Waals surface area contributed by atoms with Crippen molar-refractivity contribution < 1.29 is 18.0 Å². The smallest absolute Gasteiger partial charge is 0.295 e. The first-order chi connectivity index (χ1) is 10.8. The molecule has 6 nitrogen and oxygen atoms in total. The number of anilines is 1. The predicted molar refractivity (Wildman–Crippen MR) is 76.0 cm³/mol. The zero-order valence-corrected chi connectivity index (χ0v) is 12.7. The summed E-state index contributed by atoms with van der Waals surface area (Å²) in [7, 11) is 0. The highest BCUT2D eigenvalue weighted by atomic mass is 19.4. The second-order valence-electron chi connectivity index (χ2n) is 5.70. The van der Waals surface area contributed by atoms with Crippen LogP contribution in [-0.2, 0) is 11.3 Å². The molecule has 0 unspecified atom stereocenters. The number of rotatable bonds is 2. The van der Waals surface area contributed by atoms with Crippen molar-refractivity contribution >= 4 is 11.7 Å². The molecule has 0 bridgehead atoms. The third-order valence-corrected chi connectivity index (χ3v) is 3.77. The number of nitrogens with zero attached hydrogens (tertiary/aromatic N) is 5. The van der Waals surface area contributed by atoms with E-state index in [2.05, 4.69) is 10.2 Å². The van der Waals surface area contributed by atoms with Crippen molar-refractivity contribution in [2.45, 2.75) is 39.0 Å². The van der Waals surface area contributed by atoms with Crippen molar-refractivity contribution in [1.29, 1.82) is 0 Å². The van der Waals surface area contributed by atoms with Crippen molar-refractivity contribution in [3.8, 4) is 0 Å². The lowest BCUT2D eigenvalue weighted by Gasteiger charge is -2.33. The van der Waals surface area contributed by atoms with Gasteiger partial charge in [0.2, 0.25) is 5.91 Å². The second kappa shape index (κ2) is 5.39. The van der Waals surface area contributed by atoms with Crippen LogP contribution in [0.4, 0.5) is 19.0 Å². The molecule has 124 valence electrons. The van der Waals surface area contributed by atoms with Gasteiger partial charge in [0.05, 0.1) is 11.9 Å². The van der Waals surface area contributed by atoms with E-state index < -0.39 is 12.2 Å². The maximum Gasteiger partial charge on any atom is 0.410 e. The standard InChI is InChI=1S/C14H16F3N5O/c1-9-6-18-20(7-9)8-13(23)21-4-3-11(14(15,16)17)22-12(21)5-10(2)19-22/h5-7,11H,3-4,8H2,1-2H3/t11-/m1/s1. The molecule has 2 aromatic rings. The topological polar surface area (TPSA) is 56.0 Å². The molecule has 0 spiro atoms. The van der Waals surface area contributed by atoms with Crippen LogP contribution in [0.5, 0.6) is 0 Å². The fourth-order valence-electron chi connectivity index (χ4n) is 2.75. The van der Waals surface area contributed by atoms with Crippen LogP contribution in [0, 0.1) is 13.8 Å². The van der Waals surface area contributed by atoms with Crippen molar-refractivity contribution in [3.63, 3.8) is 0 Å². The van der Waals surface area contributed by atoms with E-state index in [0.717, 1.165) is 10.2 Å². The highest BCUT2D eigenvalue weighted by Gasteiger charge is 2.46. The predicted octanol–water partition coefficient (Wildman–Crippen LogP) is 2.24. The molecule has 9 heteroatoms. The van der Waals surface area contributed by atoms with Crippen LogP contribution in [0.25, 0.3) is 0 Å². The third kappa shape index (κ3) is 2.95. The Hall–Kier alpha value is -2.32. The highest BCUT2D eigenvalue weighted by Crippen LogP contribution is 2.39. The molecule has 0 saturated carbocycles. The quantitative estimate of drug-likeness (QED) is 0.850. The van der Waals surface area contributed by atoms with Gasteiger partial charge in [-0.05, 0) is 25.8 Å². The number of amides is 1. The Morgan fingerprint density at radius 3 is 2.74 bits per heavy atom. The maximum absolute atomic E-state index is 13.1. The molecule has 3 rings (SSSR count). The van der Waals surface area contributed by atoms with Crippen molar-refractivity contribution in [2.24, 2.45) is 0 Å². The van der Waals surface area contributed by atoms with Gasteiger partial charge in [0.15, 0.2) is 6.04 Å². The first kappa shape index (κ1) is 15.6. The van der Waals surface area contributed by atoms with Gasteiger partial charge < -0.3 is 0 Å². The van der Waals surface area contributed by atoms with Gasteiger partial charge in [0, 0.05) is 18.8 Å². The van der Waals surface area contributed by atoms with E-state index in [1.165, 1.54) is 15.6 Å². The van der Waals surface area contributed by atoms with E-state index in [9.17, 15) is 18.0 Å². The summed E-state index contributed by atoms with van der Waals surface area (Å²) in [4.78, 5) is 13.8. The van der Waals surface area contributed by atoms with Gasteiger partial charge in [-0.2, -0.15) is 23.4 Å². The Bertz CT molecular complexity index is 733. The lowest BCUT2D eigenvalue weighted by atomic mass is 10.1. The lowest BCUT2D eigenvalue weighted by molar-refractivity contribution is -0.173. The molecule has 23 heavy (non-hydrogen) atoms. The van der Waals surface area contributed by atoms with E-state index in [-0.39, 0.29) is 31.2 Å². The summed E-state index contributed by atoms with van der Waals surface area (Å²) in [5.41, 5.74) is 1.36. The number of aromatic nitrogens is 4. The number of fused-ring (bicyclic) bond motifs is 1. The molecule has 0 radical (unpaired) electrons. The number of carbonyl (C=O) groups excluding carboxylic acids is 1. The van der Waals surface area contributed by atoms with Gasteiger partial charge in [-0.3, -0.25) is 14.4 Å². The summed E-state index contributed by atoms with van der Waals surface area (Å²) in [5, 5.41) is 7.96. The van der Waals surface area contributed by atoms with Gasteiger partial charge in [-0.1, -0.05) is 0 Å². The van der Waals surface area contributed by atoms with E-state index in [4.69, 9.17) is 0 Å². The number of alkyl halides is 3. The van der Waals surface area contributed by atoms with E-state index in [0.29, 0.717) is 5.69 Å². The highest BCUT2D eigenvalue weighted by molar-refractivity contribution is 5.92. The zero-order chi connectivity index (χ0) is 16.8. The summed E-state index contributed by atoms with van der Waals surface area (Å²) >= 11 is 0. The second-order valence-corrected chi connectivity index (χ2v) is 5.70. The largest absolute Gasteiger partial charge is 0.410 e. The van der Waals surface area contributed by atoms with Crippen LogP contribution in [-0.4, -0.2) is 38.2 Å². The fourth-order valence-corrected chi connectivity index (χ4v) is 2.75. The summed E-state index contributed by atoms with van der Waals surface area (Å²) in [5.74, 6) is -0.125. The number of aryl methyl sites for hydroxylation is 2. The van der Waals surface area contributed by atoms with Crippen molar-refractivity contribution in [2.75, 3.05) is 11.4 Å². The first-order valence-electron chi connectivity index (χ1n) is 7.18. The molecular weight excluding hydrogens is 311 g/mol. The van der Waals surface area contributed by atoms with E-state index in [1.807, 2.05) is 6.92 Å². The molecule has 1 aliphatic heterocycles. The molecule has 1 atom stereocenters. The summed E-state index contributed by atoms with van der Waals surface area (Å²) in [6, 6.07) is -0.188. The Kier molecular flexibility index (Phi) is 3.65. The minimum Gasteiger partial charge on any atom is -0.295 e. The van der Waals surface area contributed by atoms with E-state index in [1.54, 1.807) is 19.3 Å². The molecule has 1 aliphatic rings. The SMILES string of the molecule is Cc1cnn(CC(=O)N2CC[C@H](C(F)(F)F)n3nc(C)cc32)c1. The Balaban J connectivity index is 1.87. The average molecular weight is 327 g/mol. The van der Waals surface area contributed by atoms with Crippen molar-refractivity contribution in [3.05, 3.63) is 29.7 Å². The van der Waals surface area contributed by atoms with Crippen LogP contribution in [0.1, 0.15) is 23.7 Å². The van der Waals surface area contributed by atoms with Gasteiger partial charge in [0.1, 0.15) is 12.4 Å². The van der Waals surface area contributed by atoms with Crippen LogP contribution in [0.3, 0.4) is 0 Å². The van der Waals surface area contributed by atoms with Gasteiger partial charge in [0.25, 0.3) is 0 Å². The van der Waals surface area contributed by atoms with Crippen LogP contribution in [0.2, 0.25) is 0 Å².